The van der Waals surface area contributed by atoms with Crippen molar-refractivity contribution in [2.75, 3.05) is 0 Å². The number of para-hydroxylation sites is 1. The van der Waals surface area contributed by atoms with Crippen molar-refractivity contribution in [2.45, 2.75) is 6.18 Å². The van der Waals surface area contributed by atoms with Crippen molar-refractivity contribution < 1.29 is 22.0 Å². The molecule has 6 heteroatoms. The minimum absolute atomic E-state index is 0.0411. The van der Waals surface area contributed by atoms with Gasteiger partial charge in [-0.25, -0.2) is 0 Å². The maximum absolute atomic E-state index is 13.6. The zero-order valence-corrected chi connectivity index (χ0v) is 12.5. The van der Waals surface area contributed by atoms with Crippen LogP contribution in [0.2, 0.25) is 0 Å². The third kappa shape index (κ3) is 2.79. The number of nitrogens with zero attached hydrogens (tertiary/aromatic N) is 1. The molecule has 0 atom stereocenters. The summed E-state index contributed by atoms with van der Waals surface area (Å²) in [5, 5.41) is 0.614. The van der Waals surface area contributed by atoms with Crippen LogP contribution in [0.4, 0.5) is 22.0 Å². The van der Waals surface area contributed by atoms with Crippen molar-refractivity contribution in [3.8, 4) is 0 Å². The average molecular weight is 337 g/mol. The number of aromatic nitrogens is 1. The van der Waals surface area contributed by atoms with Crippen LogP contribution in [0.3, 0.4) is 0 Å². The second kappa shape index (κ2) is 5.78. The van der Waals surface area contributed by atoms with Gasteiger partial charge in [0.2, 0.25) is 0 Å². The average Bonchev–Trinajstić information content (AvgIpc) is 2.84. The van der Waals surface area contributed by atoms with E-state index in [1.54, 1.807) is 42.1 Å². The molecule has 1 heterocycles. The lowest BCUT2D eigenvalue weighted by atomic mass is 9.97. The number of benzene rings is 2. The topological polar surface area (TPSA) is 4.93 Å². The summed E-state index contributed by atoms with van der Waals surface area (Å²) in [4.78, 5) is 0. The SMILES string of the molecule is Cn1cc(C(=C(F)F)c2ccc(C(F)(F)F)cc2)c2ccccc21. The first-order valence-corrected chi connectivity index (χ1v) is 7.06. The number of fused-ring (bicyclic) bond motifs is 1. The number of aryl methyl sites for hydroxylation is 1. The van der Waals surface area contributed by atoms with Gasteiger partial charge >= 0.3 is 6.18 Å². The van der Waals surface area contributed by atoms with Gasteiger partial charge in [0.15, 0.2) is 0 Å². The fraction of sp³-hybridized carbons (Fsp3) is 0.111. The van der Waals surface area contributed by atoms with E-state index >= 15 is 0 Å². The van der Waals surface area contributed by atoms with Gasteiger partial charge in [-0.3, -0.25) is 0 Å². The Labute approximate surface area is 134 Å². The van der Waals surface area contributed by atoms with Crippen LogP contribution in [0.1, 0.15) is 16.7 Å². The van der Waals surface area contributed by atoms with E-state index in [2.05, 4.69) is 0 Å². The quantitative estimate of drug-likeness (QED) is 0.517. The van der Waals surface area contributed by atoms with Crippen LogP contribution in [0.15, 0.2) is 60.8 Å². The van der Waals surface area contributed by atoms with Crippen molar-refractivity contribution in [2.24, 2.45) is 7.05 Å². The largest absolute Gasteiger partial charge is 0.416 e. The first-order valence-electron chi connectivity index (χ1n) is 7.06. The van der Waals surface area contributed by atoms with Gasteiger partial charge < -0.3 is 4.57 Å². The molecule has 0 unspecified atom stereocenters. The summed E-state index contributed by atoms with van der Waals surface area (Å²) in [6.07, 6.45) is -4.89. The van der Waals surface area contributed by atoms with Crippen molar-refractivity contribution >= 4 is 16.5 Å². The highest BCUT2D eigenvalue weighted by Crippen LogP contribution is 2.36. The van der Waals surface area contributed by atoms with Crippen molar-refractivity contribution in [3.63, 3.8) is 0 Å². The molecule has 0 aliphatic rings. The molecule has 0 spiro atoms. The molecule has 3 aromatic rings. The molecule has 0 N–H and O–H groups in total. The molecule has 0 bridgehead atoms. The van der Waals surface area contributed by atoms with Gasteiger partial charge in [0.25, 0.3) is 6.08 Å². The van der Waals surface area contributed by atoms with E-state index in [-0.39, 0.29) is 16.7 Å². The maximum atomic E-state index is 13.6. The molecular weight excluding hydrogens is 325 g/mol. The molecule has 0 saturated carbocycles. The van der Waals surface area contributed by atoms with Crippen LogP contribution in [0.5, 0.6) is 0 Å². The lowest BCUT2D eigenvalue weighted by molar-refractivity contribution is -0.137. The molecule has 0 fully saturated rings. The Kier molecular flexibility index (Phi) is 3.91. The van der Waals surface area contributed by atoms with Crippen LogP contribution in [0, 0.1) is 0 Å². The number of halogens is 5. The Bertz CT molecular complexity index is 913. The third-order valence-corrected chi connectivity index (χ3v) is 3.86. The van der Waals surface area contributed by atoms with Crippen LogP contribution < -0.4 is 0 Å². The van der Waals surface area contributed by atoms with Gasteiger partial charge in [0.1, 0.15) is 0 Å². The molecule has 0 radical (unpaired) electrons. The van der Waals surface area contributed by atoms with Crippen LogP contribution in [-0.4, -0.2) is 4.57 Å². The Morgan fingerprint density at radius 3 is 2.12 bits per heavy atom. The minimum atomic E-state index is -4.50. The highest BCUT2D eigenvalue weighted by molar-refractivity contribution is 5.97. The first-order chi connectivity index (χ1) is 11.3. The fourth-order valence-electron chi connectivity index (χ4n) is 2.73. The molecular formula is C18H12F5N. The van der Waals surface area contributed by atoms with Crippen molar-refractivity contribution in [3.05, 3.63) is 77.5 Å². The summed E-state index contributed by atoms with van der Waals surface area (Å²) in [6.45, 7) is 0. The summed E-state index contributed by atoms with van der Waals surface area (Å²) < 4.78 is 66.8. The molecule has 3 rings (SSSR count). The minimum Gasteiger partial charge on any atom is -0.350 e. The first kappa shape index (κ1) is 16.2. The summed E-state index contributed by atoms with van der Waals surface area (Å²) in [7, 11) is 1.73. The Hall–Kier alpha value is -2.63. The van der Waals surface area contributed by atoms with Gasteiger partial charge in [0.05, 0.1) is 11.1 Å². The van der Waals surface area contributed by atoms with E-state index in [4.69, 9.17) is 0 Å². The Balaban J connectivity index is 2.17. The summed E-state index contributed by atoms with van der Waals surface area (Å²) in [6, 6.07) is 10.8. The molecule has 124 valence electrons. The Morgan fingerprint density at radius 1 is 0.917 bits per heavy atom. The highest BCUT2D eigenvalue weighted by atomic mass is 19.4. The van der Waals surface area contributed by atoms with Gasteiger partial charge in [-0.05, 0) is 23.8 Å². The lowest BCUT2D eigenvalue weighted by Gasteiger charge is -2.09. The van der Waals surface area contributed by atoms with Gasteiger partial charge in [-0.2, -0.15) is 22.0 Å². The second-order valence-electron chi connectivity index (χ2n) is 5.38. The van der Waals surface area contributed by atoms with Gasteiger partial charge in [-0.1, -0.05) is 30.3 Å². The normalized spacial score (nSPS) is 11.8. The van der Waals surface area contributed by atoms with Gasteiger partial charge in [0, 0.05) is 29.7 Å². The molecule has 1 aromatic heterocycles. The molecule has 0 aliphatic carbocycles. The van der Waals surface area contributed by atoms with E-state index in [1.807, 2.05) is 0 Å². The smallest absolute Gasteiger partial charge is 0.350 e. The molecule has 0 saturated heterocycles. The summed E-state index contributed by atoms with van der Waals surface area (Å²) in [5.41, 5.74) is -0.145. The summed E-state index contributed by atoms with van der Waals surface area (Å²) >= 11 is 0. The highest BCUT2D eigenvalue weighted by Gasteiger charge is 2.30. The second-order valence-corrected chi connectivity index (χ2v) is 5.38. The van der Waals surface area contributed by atoms with Gasteiger partial charge in [-0.15, -0.1) is 0 Å². The number of rotatable bonds is 2. The molecule has 0 aliphatic heterocycles. The standard InChI is InChI=1S/C18H12F5N/c1-24-10-14(13-4-2-3-5-15(13)24)16(17(19)20)11-6-8-12(9-7-11)18(21,22)23/h2-10H,1H3. The predicted molar refractivity (Wildman–Crippen MR) is 82.6 cm³/mol. The fourth-order valence-corrected chi connectivity index (χ4v) is 2.73. The Morgan fingerprint density at radius 2 is 1.54 bits per heavy atom. The third-order valence-electron chi connectivity index (χ3n) is 3.86. The summed E-state index contributed by atoms with van der Waals surface area (Å²) in [5.74, 6) is 0. The van der Waals surface area contributed by atoms with Crippen LogP contribution >= 0.6 is 0 Å². The predicted octanol–water partition coefficient (Wildman–Crippen LogP) is 5.85. The zero-order valence-electron chi connectivity index (χ0n) is 12.5. The van der Waals surface area contributed by atoms with Crippen molar-refractivity contribution in [1.29, 1.82) is 0 Å². The molecule has 24 heavy (non-hydrogen) atoms. The molecule has 0 amide bonds. The van der Waals surface area contributed by atoms with Crippen molar-refractivity contribution in [1.82, 2.24) is 4.57 Å². The number of hydrogen-bond acceptors (Lipinski definition) is 0. The number of hydrogen-bond donors (Lipinski definition) is 0. The number of alkyl halides is 3. The zero-order chi connectivity index (χ0) is 17.5. The van der Waals surface area contributed by atoms with Crippen LogP contribution in [-0.2, 0) is 13.2 Å². The van der Waals surface area contributed by atoms with E-state index in [9.17, 15) is 22.0 Å². The molecule has 1 nitrogen and oxygen atoms in total. The van der Waals surface area contributed by atoms with Crippen LogP contribution in [0.25, 0.3) is 16.5 Å². The van der Waals surface area contributed by atoms with E-state index in [1.165, 1.54) is 0 Å². The maximum Gasteiger partial charge on any atom is 0.416 e. The molecule has 2 aromatic carbocycles. The monoisotopic (exact) mass is 337 g/mol. The van der Waals surface area contributed by atoms with E-state index in [0.717, 1.165) is 29.8 Å². The van der Waals surface area contributed by atoms with E-state index in [0.29, 0.717) is 5.39 Å². The van der Waals surface area contributed by atoms with E-state index < -0.39 is 17.8 Å². The lowest BCUT2D eigenvalue weighted by Crippen LogP contribution is -2.04.